The molecule has 0 aliphatic rings. The van der Waals surface area contributed by atoms with Gasteiger partial charge < -0.3 is 15.7 Å². The van der Waals surface area contributed by atoms with Crippen LogP contribution in [0.4, 0.5) is 5.69 Å². The highest BCUT2D eigenvalue weighted by molar-refractivity contribution is 6.39. The summed E-state index contributed by atoms with van der Waals surface area (Å²) in [5.74, 6) is -1.51. The van der Waals surface area contributed by atoms with Gasteiger partial charge in [-0.2, -0.15) is 0 Å². The van der Waals surface area contributed by atoms with Crippen LogP contribution in [-0.4, -0.2) is 29.1 Å². The van der Waals surface area contributed by atoms with Gasteiger partial charge in [-0.1, -0.05) is 31.5 Å². The molecule has 0 saturated heterocycles. The molecule has 0 heterocycles. The molecule has 5 heteroatoms. The van der Waals surface area contributed by atoms with Gasteiger partial charge in [-0.25, -0.2) is 0 Å². The second-order valence-corrected chi connectivity index (χ2v) is 6.42. The number of carbonyl (C=O) groups is 2. The fraction of sp³-hybridized carbons (Fsp3) is 0.529. The number of hydrogen-bond donors (Lipinski definition) is 3. The van der Waals surface area contributed by atoms with E-state index in [2.05, 4.69) is 10.6 Å². The Balaban J connectivity index is 2.72. The molecule has 5 nitrogen and oxygen atoms in total. The van der Waals surface area contributed by atoms with Crippen LogP contribution in [-0.2, 0) is 9.59 Å². The number of anilines is 1. The Bertz CT molecular complexity index is 554. The lowest BCUT2D eigenvalue weighted by Crippen LogP contribution is -2.47. The Morgan fingerprint density at radius 3 is 2.09 bits per heavy atom. The van der Waals surface area contributed by atoms with Crippen LogP contribution in [0, 0.1) is 26.7 Å². The molecule has 1 atom stereocenters. The van der Waals surface area contributed by atoms with Crippen LogP contribution in [0.2, 0.25) is 0 Å². The van der Waals surface area contributed by atoms with Gasteiger partial charge in [0.1, 0.15) is 0 Å². The number of benzene rings is 1. The van der Waals surface area contributed by atoms with E-state index in [1.54, 1.807) is 6.92 Å². The van der Waals surface area contributed by atoms with Crippen molar-refractivity contribution in [3.8, 4) is 0 Å². The number of amides is 2. The Morgan fingerprint density at radius 1 is 1.14 bits per heavy atom. The summed E-state index contributed by atoms with van der Waals surface area (Å²) < 4.78 is 0. The van der Waals surface area contributed by atoms with Crippen molar-refractivity contribution in [1.29, 1.82) is 0 Å². The van der Waals surface area contributed by atoms with E-state index in [9.17, 15) is 14.7 Å². The van der Waals surface area contributed by atoms with Crippen molar-refractivity contribution < 1.29 is 14.7 Å². The standard InChI is InChI=1S/C17H26N2O3/c1-10(2)17(6,22)9-18-15(20)16(21)19-14-12(4)7-11(3)8-13(14)5/h7-8,10,22H,9H2,1-6H3,(H,18,20)(H,19,21). The van der Waals surface area contributed by atoms with E-state index < -0.39 is 17.4 Å². The first-order valence-electron chi connectivity index (χ1n) is 7.44. The van der Waals surface area contributed by atoms with Crippen LogP contribution in [0.5, 0.6) is 0 Å². The molecule has 1 unspecified atom stereocenters. The molecule has 1 rings (SSSR count). The van der Waals surface area contributed by atoms with Crippen LogP contribution < -0.4 is 10.6 Å². The van der Waals surface area contributed by atoms with Crippen molar-refractivity contribution in [2.75, 3.05) is 11.9 Å². The lowest BCUT2D eigenvalue weighted by atomic mass is 9.92. The minimum Gasteiger partial charge on any atom is -0.388 e. The summed E-state index contributed by atoms with van der Waals surface area (Å²) >= 11 is 0. The van der Waals surface area contributed by atoms with Crippen molar-refractivity contribution in [2.24, 2.45) is 5.92 Å². The second-order valence-electron chi connectivity index (χ2n) is 6.42. The first-order valence-corrected chi connectivity index (χ1v) is 7.44. The molecule has 3 N–H and O–H groups in total. The fourth-order valence-electron chi connectivity index (χ4n) is 2.09. The number of rotatable bonds is 4. The average molecular weight is 306 g/mol. The molecule has 0 bridgehead atoms. The number of carbonyl (C=O) groups excluding carboxylic acids is 2. The van der Waals surface area contributed by atoms with Crippen molar-refractivity contribution in [3.05, 3.63) is 28.8 Å². The third kappa shape index (κ3) is 4.56. The summed E-state index contributed by atoms with van der Waals surface area (Å²) in [6.45, 7) is 11.1. The first kappa shape index (κ1) is 18.2. The van der Waals surface area contributed by atoms with Gasteiger partial charge in [0.25, 0.3) is 0 Å². The van der Waals surface area contributed by atoms with Gasteiger partial charge in [0.2, 0.25) is 0 Å². The molecule has 1 aromatic carbocycles. The summed E-state index contributed by atoms with van der Waals surface area (Å²) in [4.78, 5) is 23.9. The Kier molecular flexibility index (Phi) is 5.72. The third-order valence-electron chi connectivity index (χ3n) is 3.97. The second kappa shape index (κ2) is 6.92. The molecule has 122 valence electrons. The lowest BCUT2D eigenvalue weighted by molar-refractivity contribution is -0.137. The van der Waals surface area contributed by atoms with Gasteiger partial charge >= 0.3 is 11.8 Å². The molecule has 22 heavy (non-hydrogen) atoms. The summed E-state index contributed by atoms with van der Waals surface area (Å²) in [7, 11) is 0. The minimum absolute atomic E-state index is 0.0301. The normalized spacial score (nSPS) is 13.6. The summed E-state index contributed by atoms with van der Waals surface area (Å²) in [6.07, 6.45) is 0. The quantitative estimate of drug-likeness (QED) is 0.745. The van der Waals surface area contributed by atoms with Gasteiger partial charge in [0.05, 0.1) is 5.60 Å². The minimum atomic E-state index is -1.05. The maximum Gasteiger partial charge on any atom is 0.313 e. The molecule has 2 amide bonds. The Morgan fingerprint density at radius 2 is 1.64 bits per heavy atom. The topological polar surface area (TPSA) is 78.4 Å². The van der Waals surface area contributed by atoms with Crippen LogP contribution in [0.15, 0.2) is 12.1 Å². The number of aliphatic hydroxyl groups is 1. The molecule has 0 aliphatic heterocycles. The van der Waals surface area contributed by atoms with Crippen molar-refractivity contribution in [1.82, 2.24) is 5.32 Å². The molecule has 0 fully saturated rings. The van der Waals surface area contributed by atoms with Gasteiger partial charge in [0, 0.05) is 12.2 Å². The van der Waals surface area contributed by atoms with Crippen molar-refractivity contribution >= 4 is 17.5 Å². The van der Waals surface area contributed by atoms with Gasteiger partial charge in [0.15, 0.2) is 0 Å². The average Bonchev–Trinajstić information content (AvgIpc) is 2.39. The Labute approximate surface area is 132 Å². The largest absolute Gasteiger partial charge is 0.388 e. The highest BCUT2D eigenvalue weighted by Crippen LogP contribution is 2.21. The predicted molar refractivity (Wildman–Crippen MR) is 87.8 cm³/mol. The van der Waals surface area contributed by atoms with Crippen LogP contribution in [0.1, 0.15) is 37.5 Å². The zero-order valence-electron chi connectivity index (χ0n) is 14.2. The number of nitrogens with one attached hydrogen (secondary N) is 2. The molecule has 0 aromatic heterocycles. The summed E-state index contributed by atoms with van der Waals surface area (Å²) in [6, 6.07) is 3.90. The van der Waals surface area contributed by atoms with E-state index in [1.165, 1.54) is 0 Å². The molecular weight excluding hydrogens is 280 g/mol. The van der Waals surface area contributed by atoms with Crippen LogP contribution in [0.3, 0.4) is 0 Å². The zero-order chi connectivity index (χ0) is 17.1. The fourth-order valence-corrected chi connectivity index (χ4v) is 2.09. The van der Waals surface area contributed by atoms with Crippen molar-refractivity contribution in [2.45, 2.75) is 47.1 Å². The van der Waals surface area contributed by atoms with Gasteiger partial charge in [-0.05, 0) is 44.7 Å². The zero-order valence-corrected chi connectivity index (χ0v) is 14.2. The smallest absolute Gasteiger partial charge is 0.313 e. The van der Waals surface area contributed by atoms with Crippen molar-refractivity contribution in [3.63, 3.8) is 0 Å². The third-order valence-corrected chi connectivity index (χ3v) is 3.97. The van der Waals surface area contributed by atoms with Gasteiger partial charge in [-0.15, -0.1) is 0 Å². The Hall–Kier alpha value is -1.88. The highest BCUT2D eigenvalue weighted by atomic mass is 16.3. The molecule has 0 radical (unpaired) electrons. The van der Waals surface area contributed by atoms with E-state index in [4.69, 9.17) is 0 Å². The molecule has 1 aromatic rings. The lowest BCUT2D eigenvalue weighted by Gasteiger charge is -2.27. The van der Waals surface area contributed by atoms with E-state index in [0.29, 0.717) is 5.69 Å². The molecule has 0 aliphatic carbocycles. The monoisotopic (exact) mass is 306 g/mol. The van der Waals surface area contributed by atoms with Gasteiger partial charge in [-0.3, -0.25) is 9.59 Å². The van der Waals surface area contributed by atoms with E-state index in [1.807, 2.05) is 46.8 Å². The highest BCUT2D eigenvalue weighted by Gasteiger charge is 2.27. The maximum absolute atomic E-state index is 12.0. The predicted octanol–water partition coefficient (Wildman–Crippen LogP) is 2.07. The summed E-state index contributed by atoms with van der Waals surface area (Å²) in [5.41, 5.74) is 2.53. The summed E-state index contributed by atoms with van der Waals surface area (Å²) in [5, 5.41) is 15.2. The SMILES string of the molecule is Cc1cc(C)c(NC(=O)C(=O)NCC(C)(O)C(C)C)c(C)c1. The number of hydrogen-bond acceptors (Lipinski definition) is 3. The van der Waals surface area contributed by atoms with E-state index in [-0.39, 0.29) is 12.5 Å². The molecule has 0 saturated carbocycles. The maximum atomic E-state index is 12.0. The van der Waals surface area contributed by atoms with Crippen LogP contribution >= 0.6 is 0 Å². The van der Waals surface area contributed by atoms with Crippen LogP contribution in [0.25, 0.3) is 0 Å². The van der Waals surface area contributed by atoms with E-state index >= 15 is 0 Å². The molecular formula is C17H26N2O3. The molecule has 0 spiro atoms. The first-order chi connectivity index (χ1) is 10.0. The number of aryl methyl sites for hydroxylation is 3. The van der Waals surface area contributed by atoms with E-state index in [0.717, 1.165) is 16.7 Å².